The summed E-state index contributed by atoms with van der Waals surface area (Å²) in [7, 11) is 0. The van der Waals surface area contributed by atoms with Gasteiger partial charge in [-0.2, -0.15) is 18.4 Å². The third-order valence-corrected chi connectivity index (χ3v) is 3.52. The number of anilines is 1. The molecule has 0 unspecified atom stereocenters. The van der Waals surface area contributed by atoms with Crippen molar-refractivity contribution in [1.82, 2.24) is 0 Å². The molecule has 102 valence electrons. The van der Waals surface area contributed by atoms with Crippen LogP contribution in [0, 0.1) is 17.2 Å². The summed E-state index contributed by atoms with van der Waals surface area (Å²) < 4.78 is 38.3. The number of hydrogen-bond donors (Lipinski definition) is 1. The Balaban J connectivity index is 2.11. The predicted octanol–water partition coefficient (Wildman–Crippen LogP) is 4.18. The van der Waals surface area contributed by atoms with Crippen LogP contribution in [0.15, 0.2) is 18.2 Å². The van der Waals surface area contributed by atoms with Gasteiger partial charge in [0.05, 0.1) is 17.2 Å². The van der Waals surface area contributed by atoms with E-state index in [-0.39, 0.29) is 5.56 Å². The maximum absolute atomic E-state index is 12.8. The molecule has 0 heterocycles. The summed E-state index contributed by atoms with van der Waals surface area (Å²) in [6, 6.07) is 5.35. The summed E-state index contributed by atoms with van der Waals surface area (Å²) in [4.78, 5) is 0. The lowest BCUT2D eigenvalue weighted by atomic mass is 10.1. The van der Waals surface area contributed by atoms with Gasteiger partial charge in [0.15, 0.2) is 0 Å². The highest BCUT2D eigenvalue weighted by atomic mass is 19.4. The van der Waals surface area contributed by atoms with Gasteiger partial charge in [0.2, 0.25) is 0 Å². The van der Waals surface area contributed by atoms with E-state index in [1.165, 1.54) is 25.0 Å². The first-order chi connectivity index (χ1) is 9.00. The lowest BCUT2D eigenvalue weighted by molar-refractivity contribution is -0.137. The molecule has 5 heteroatoms. The Bertz CT molecular complexity index is 482. The van der Waals surface area contributed by atoms with Gasteiger partial charge >= 0.3 is 6.18 Å². The molecule has 0 saturated heterocycles. The van der Waals surface area contributed by atoms with Gasteiger partial charge in [0, 0.05) is 12.2 Å². The molecule has 2 rings (SSSR count). The van der Waals surface area contributed by atoms with Crippen LogP contribution in [0.1, 0.15) is 36.8 Å². The molecule has 2 nitrogen and oxygen atoms in total. The van der Waals surface area contributed by atoms with Crippen LogP contribution < -0.4 is 5.32 Å². The molecule has 1 aromatic rings. The van der Waals surface area contributed by atoms with Crippen LogP contribution in [0.3, 0.4) is 0 Å². The summed E-state index contributed by atoms with van der Waals surface area (Å²) in [5.74, 6) is 0.546. The van der Waals surface area contributed by atoms with Crippen LogP contribution in [0.4, 0.5) is 18.9 Å². The fraction of sp³-hybridized carbons (Fsp3) is 0.500. The third-order valence-electron chi connectivity index (χ3n) is 3.52. The molecule has 1 fully saturated rings. The predicted molar refractivity (Wildman–Crippen MR) is 66.6 cm³/mol. The van der Waals surface area contributed by atoms with Crippen molar-refractivity contribution < 1.29 is 13.2 Å². The molecule has 1 N–H and O–H groups in total. The molecule has 0 aliphatic heterocycles. The summed E-state index contributed by atoms with van der Waals surface area (Å²) in [5, 5.41) is 11.7. The number of rotatable bonds is 3. The van der Waals surface area contributed by atoms with Gasteiger partial charge in [0.1, 0.15) is 0 Å². The number of benzene rings is 1. The van der Waals surface area contributed by atoms with E-state index in [9.17, 15) is 13.2 Å². The first kappa shape index (κ1) is 13.7. The highest BCUT2D eigenvalue weighted by Gasteiger charge is 2.33. The molecule has 0 bridgehead atoms. The first-order valence-electron chi connectivity index (χ1n) is 6.36. The zero-order valence-electron chi connectivity index (χ0n) is 10.4. The average molecular weight is 268 g/mol. The van der Waals surface area contributed by atoms with Crippen molar-refractivity contribution in [2.45, 2.75) is 31.9 Å². The minimum absolute atomic E-state index is 0.334. The van der Waals surface area contributed by atoms with Gasteiger partial charge in [-0.15, -0.1) is 0 Å². The zero-order chi connectivity index (χ0) is 13.9. The lowest BCUT2D eigenvalue weighted by Crippen LogP contribution is -2.13. The van der Waals surface area contributed by atoms with Gasteiger partial charge in [-0.05, 0) is 37.0 Å². The summed E-state index contributed by atoms with van der Waals surface area (Å²) in [6.45, 7) is 0.698. The Kier molecular flexibility index (Phi) is 3.98. The van der Waals surface area contributed by atoms with Crippen LogP contribution in [-0.4, -0.2) is 6.54 Å². The average Bonchev–Trinajstić information content (AvgIpc) is 2.88. The second kappa shape index (κ2) is 5.52. The summed E-state index contributed by atoms with van der Waals surface area (Å²) in [6.07, 6.45) is 0.183. The van der Waals surface area contributed by atoms with E-state index in [2.05, 4.69) is 5.32 Å². The molecule has 1 saturated carbocycles. The highest BCUT2D eigenvalue weighted by molar-refractivity contribution is 5.53. The van der Waals surface area contributed by atoms with Crippen molar-refractivity contribution in [3.63, 3.8) is 0 Å². The Hall–Kier alpha value is -1.70. The van der Waals surface area contributed by atoms with Crippen LogP contribution >= 0.6 is 0 Å². The largest absolute Gasteiger partial charge is 0.417 e. The molecule has 0 atom stereocenters. The van der Waals surface area contributed by atoms with Crippen LogP contribution in [0.5, 0.6) is 0 Å². The van der Waals surface area contributed by atoms with E-state index in [0.717, 1.165) is 18.9 Å². The molecule has 0 radical (unpaired) electrons. The van der Waals surface area contributed by atoms with Crippen molar-refractivity contribution in [3.8, 4) is 6.07 Å². The summed E-state index contributed by atoms with van der Waals surface area (Å²) in [5.41, 5.74) is -0.774. The van der Waals surface area contributed by atoms with Crippen LogP contribution in [-0.2, 0) is 6.18 Å². The van der Waals surface area contributed by atoms with E-state index in [1.54, 1.807) is 6.07 Å². The van der Waals surface area contributed by atoms with E-state index >= 15 is 0 Å². The van der Waals surface area contributed by atoms with E-state index in [4.69, 9.17) is 5.26 Å². The summed E-state index contributed by atoms with van der Waals surface area (Å²) >= 11 is 0. The molecule has 19 heavy (non-hydrogen) atoms. The standard InChI is InChI=1S/C14H15F3N2/c15-14(16,17)13-7-12(6-5-11(13)8-18)19-9-10-3-1-2-4-10/h5-7,10,19H,1-4,9H2. The normalized spacial score (nSPS) is 16.3. The quantitative estimate of drug-likeness (QED) is 0.892. The van der Waals surface area contributed by atoms with Crippen LogP contribution in [0.25, 0.3) is 0 Å². The fourth-order valence-corrected chi connectivity index (χ4v) is 2.46. The highest BCUT2D eigenvalue weighted by Crippen LogP contribution is 2.34. The first-order valence-corrected chi connectivity index (χ1v) is 6.36. The number of nitrogens with one attached hydrogen (secondary N) is 1. The van der Waals surface area contributed by atoms with Gasteiger partial charge in [-0.3, -0.25) is 0 Å². The monoisotopic (exact) mass is 268 g/mol. The minimum atomic E-state index is -4.49. The van der Waals surface area contributed by atoms with E-state index in [0.29, 0.717) is 18.2 Å². The third kappa shape index (κ3) is 3.40. The maximum atomic E-state index is 12.8. The Morgan fingerprint density at radius 1 is 1.26 bits per heavy atom. The van der Waals surface area contributed by atoms with Crippen molar-refractivity contribution in [3.05, 3.63) is 29.3 Å². The number of nitrogens with zero attached hydrogens (tertiary/aromatic N) is 1. The van der Waals surface area contributed by atoms with Gasteiger partial charge in [-0.25, -0.2) is 0 Å². The van der Waals surface area contributed by atoms with E-state index in [1.807, 2.05) is 0 Å². The topological polar surface area (TPSA) is 35.8 Å². The SMILES string of the molecule is N#Cc1ccc(NCC2CCCC2)cc1C(F)(F)F. The van der Waals surface area contributed by atoms with Crippen LogP contribution in [0.2, 0.25) is 0 Å². The number of halogens is 3. The molecule has 0 aromatic heterocycles. The maximum Gasteiger partial charge on any atom is 0.417 e. The molecular formula is C14H15F3N2. The second-order valence-electron chi connectivity index (χ2n) is 4.90. The molecule has 1 aliphatic rings. The number of nitriles is 1. The van der Waals surface area contributed by atoms with Crippen molar-refractivity contribution in [1.29, 1.82) is 5.26 Å². The Morgan fingerprint density at radius 3 is 2.53 bits per heavy atom. The number of hydrogen-bond acceptors (Lipinski definition) is 2. The molecule has 1 aromatic carbocycles. The van der Waals surface area contributed by atoms with Gasteiger partial charge in [0.25, 0.3) is 0 Å². The molecule has 0 amide bonds. The number of alkyl halides is 3. The molecule has 1 aliphatic carbocycles. The van der Waals surface area contributed by atoms with Gasteiger partial charge < -0.3 is 5.32 Å². The van der Waals surface area contributed by atoms with Crippen molar-refractivity contribution in [2.24, 2.45) is 5.92 Å². The second-order valence-corrected chi connectivity index (χ2v) is 4.90. The molecular weight excluding hydrogens is 253 g/mol. The zero-order valence-corrected chi connectivity index (χ0v) is 10.4. The lowest BCUT2D eigenvalue weighted by Gasteiger charge is -2.14. The van der Waals surface area contributed by atoms with Gasteiger partial charge in [-0.1, -0.05) is 12.8 Å². The van der Waals surface area contributed by atoms with Crippen molar-refractivity contribution >= 4 is 5.69 Å². The Labute approximate surface area is 110 Å². The molecule has 0 spiro atoms. The van der Waals surface area contributed by atoms with Crippen molar-refractivity contribution in [2.75, 3.05) is 11.9 Å². The smallest absolute Gasteiger partial charge is 0.385 e. The Morgan fingerprint density at radius 2 is 1.95 bits per heavy atom. The minimum Gasteiger partial charge on any atom is -0.385 e. The fourth-order valence-electron chi connectivity index (χ4n) is 2.46. The van der Waals surface area contributed by atoms with E-state index < -0.39 is 11.7 Å².